The topological polar surface area (TPSA) is 71.5 Å². The van der Waals surface area contributed by atoms with Gasteiger partial charge in [0.2, 0.25) is 6.79 Å². The molecule has 1 N–H and O–H groups in total. The van der Waals surface area contributed by atoms with Gasteiger partial charge < -0.3 is 19.3 Å². The van der Waals surface area contributed by atoms with Crippen molar-refractivity contribution in [3.8, 4) is 17.2 Å². The standard InChI is InChI=1S/C29H40N2O5/c1-5-7-15-30(16-8-6-2)20(3)31-18-24(22-11-14-25-26(17-22)36-19-35-25)27(29(32)33)28(31)21-9-12-23(34-4)13-10-21/h9-14,17,20,24,27-28H,5-8,15-16,18-19H2,1-4H3,(H,32,33)/t20?,24-,27+,28-/m1/s1. The van der Waals surface area contributed by atoms with Crippen molar-refractivity contribution in [3.63, 3.8) is 0 Å². The van der Waals surface area contributed by atoms with Gasteiger partial charge in [-0.15, -0.1) is 0 Å². The first kappa shape index (κ1) is 26.3. The Morgan fingerprint density at radius 2 is 1.69 bits per heavy atom. The van der Waals surface area contributed by atoms with E-state index in [2.05, 4.69) is 30.6 Å². The molecule has 36 heavy (non-hydrogen) atoms. The number of rotatable bonds is 12. The van der Waals surface area contributed by atoms with Gasteiger partial charge >= 0.3 is 5.97 Å². The molecule has 7 nitrogen and oxygen atoms in total. The minimum absolute atomic E-state index is 0.107. The van der Waals surface area contributed by atoms with Gasteiger partial charge in [0, 0.05) is 12.5 Å². The minimum atomic E-state index is -0.776. The van der Waals surface area contributed by atoms with Crippen LogP contribution < -0.4 is 14.2 Å². The maximum Gasteiger partial charge on any atom is 0.309 e. The number of methoxy groups -OCH3 is 1. The van der Waals surface area contributed by atoms with Gasteiger partial charge in [-0.3, -0.25) is 14.6 Å². The first-order valence-electron chi connectivity index (χ1n) is 13.2. The summed E-state index contributed by atoms with van der Waals surface area (Å²) >= 11 is 0. The molecule has 196 valence electrons. The summed E-state index contributed by atoms with van der Waals surface area (Å²) in [5.74, 6) is 0.624. The average Bonchev–Trinajstić information content (AvgIpc) is 3.53. The molecule has 0 radical (unpaired) electrons. The number of hydrogen-bond acceptors (Lipinski definition) is 6. The van der Waals surface area contributed by atoms with E-state index in [4.69, 9.17) is 14.2 Å². The van der Waals surface area contributed by atoms with E-state index in [1.807, 2.05) is 42.5 Å². The molecule has 2 aliphatic rings. The predicted molar refractivity (Wildman–Crippen MR) is 140 cm³/mol. The van der Waals surface area contributed by atoms with Gasteiger partial charge in [-0.05, 0) is 68.2 Å². The molecule has 7 heteroatoms. The van der Waals surface area contributed by atoms with Crippen molar-refractivity contribution in [2.24, 2.45) is 5.92 Å². The normalized spacial score (nSPS) is 22.2. The zero-order valence-corrected chi connectivity index (χ0v) is 22.0. The van der Waals surface area contributed by atoms with Gasteiger partial charge in [-0.2, -0.15) is 0 Å². The molecule has 0 spiro atoms. The Labute approximate surface area is 214 Å². The molecule has 4 atom stereocenters. The van der Waals surface area contributed by atoms with Crippen LogP contribution in [0.5, 0.6) is 17.2 Å². The number of likely N-dealkylation sites (tertiary alicyclic amines) is 1. The number of benzene rings is 2. The van der Waals surface area contributed by atoms with E-state index >= 15 is 0 Å². The maximum atomic E-state index is 12.9. The molecule has 0 amide bonds. The number of hydrogen-bond donors (Lipinski definition) is 1. The van der Waals surface area contributed by atoms with Gasteiger partial charge in [0.05, 0.1) is 25.2 Å². The smallest absolute Gasteiger partial charge is 0.309 e. The largest absolute Gasteiger partial charge is 0.497 e. The molecule has 1 saturated heterocycles. The number of aliphatic carboxylic acids is 1. The van der Waals surface area contributed by atoms with Crippen molar-refractivity contribution in [2.75, 3.05) is 33.5 Å². The Kier molecular flexibility index (Phi) is 8.75. The summed E-state index contributed by atoms with van der Waals surface area (Å²) in [7, 11) is 1.65. The van der Waals surface area contributed by atoms with Crippen LogP contribution in [-0.2, 0) is 4.79 Å². The zero-order valence-electron chi connectivity index (χ0n) is 22.0. The van der Waals surface area contributed by atoms with E-state index in [-0.39, 0.29) is 24.9 Å². The lowest BCUT2D eigenvalue weighted by Crippen LogP contribution is -2.47. The van der Waals surface area contributed by atoms with E-state index in [9.17, 15) is 9.90 Å². The fraction of sp³-hybridized carbons (Fsp3) is 0.552. The fourth-order valence-electron chi connectivity index (χ4n) is 5.65. The minimum Gasteiger partial charge on any atom is -0.497 e. The van der Waals surface area contributed by atoms with Gasteiger partial charge in [0.25, 0.3) is 0 Å². The number of carbonyl (C=O) groups is 1. The van der Waals surface area contributed by atoms with Gasteiger partial charge in [-0.25, -0.2) is 0 Å². The second-order valence-corrected chi connectivity index (χ2v) is 9.87. The average molecular weight is 497 g/mol. The highest BCUT2D eigenvalue weighted by molar-refractivity contribution is 5.74. The number of ether oxygens (including phenoxy) is 3. The molecule has 2 aromatic carbocycles. The predicted octanol–water partition coefficient (Wildman–Crippen LogP) is 5.51. The lowest BCUT2D eigenvalue weighted by atomic mass is 9.82. The van der Waals surface area contributed by atoms with Gasteiger partial charge in [0.1, 0.15) is 5.75 Å². The Morgan fingerprint density at radius 3 is 2.31 bits per heavy atom. The third-order valence-electron chi connectivity index (χ3n) is 7.71. The van der Waals surface area contributed by atoms with Gasteiger partial charge in [-0.1, -0.05) is 44.9 Å². The van der Waals surface area contributed by atoms with Crippen LogP contribution in [0.25, 0.3) is 0 Å². The molecule has 2 aromatic rings. The zero-order chi connectivity index (χ0) is 25.7. The second-order valence-electron chi connectivity index (χ2n) is 9.87. The highest BCUT2D eigenvalue weighted by Gasteiger charge is 2.49. The SMILES string of the molecule is CCCCN(CCCC)C(C)N1C[C@H](c2ccc3c(c2)OCO3)[C@H](C(=O)O)[C@H]1c1ccc(OC)cc1. The Bertz CT molecular complexity index is 1000. The molecule has 2 heterocycles. The van der Waals surface area contributed by atoms with Crippen molar-refractivity contribution in [1.82, 2.24) is 9.80 Å². The molecular formula is C29H40N2O5. The molecule has 0 aromatic heterocycles. The van der Waals surface area contributed by atoms with Crippen LogP contribution in [0.3, 0.4) is 0 Å². The van der Waals surface area contributed by atoms with Crippen LogP contribution in [0.4, 0.5) is 0 Å². The molecule has 1 fully saturated rings. The molecule has 4 rings (SSSR count). The van der Waals surface area contributed by atoms with E-state index < -0.39 is 11.9 Å². The second kappa shape index (κ2) is 12.0. The summed E-state index contributed by atoms with van der Waals surface area (Å²) in [6.45, 7) is 9.55. The number of fused-ring (bicyclic) bond motifs is 1. The van der Waals surface area contributed by atoms with Gasteiger partial charge in [0.15, 0.2) is 11.5 Å². The van der Waals surface area contributed by atoms with Crippen molar-refractivity contribution in [1.29, 1.82) is 0 Å². The Balaban J connectivity index is 1.73. The van der Waals surface area contributed by atoms with Crippen molar-refractivity contribution < 1.29 is 24.1 Å². The van der Waals surface area contributed by atoms with Crippen LogP contribution >= 0.6 is 0 Å². The number of carboxylic acids is 1. The summed E-state index contributed by atoms with van der Waals surface area (Å²) in [6, 6.07) is 13.5. The third-order valence-corrected chi connectivity index (χ3v) is 7.71. The van der Waals surface area contributed by atoms with E-state index in [0.717, 1.165) is 55.6 Å². The quantitative estimate of drug-likeness (QED) is 0.415. The van der Waals surface area contributed by atoms with E-state index in [0.29, 0.717) is 18.0 Å². The monoisotopic (exact) mass is 496 g/mol. The third kappa shape index (κ3) is 5.47. The summed E-state index contributed by atoms with van der Waals surface area (Å²) in [5.41, 5.74) is 1.98. The molecule has 0 aliphatic carbocycles. The van der Waals surface area contributed by atoms with Crippen molar-refractivity contribution in [3.05, 3.63) is 53.6 Å². The highest BCUT2D eigenvalue weighted by atomic mass is 16.7. The number of carboxylic acid groups (broad SMARTS) is 1. The maximum absolute atomic E-state index is 12.9. The Morgan fingerprint density at radius 1 is 1.06 bits per heavy atom. The molecule has 0 saturated carbocycles. The lowest BCUT2D eigenvalue weighted by Gasteiger charge is -2.39. The van der Waals surface area contributed by atoms with Crippen molar-refractivity contribution in [2.45, 2.75) is 64.6 Å². The first-order chi connectivity index (χ1) is 17.5. The highest BCUT2D eigenvalue weighted by Crippen LogP contribution is 2.49. The molecule has 2 aliphatic heterocycles. The summed E-state index contributed by atoms with van der Waals surface area (Å²) in [4.78, 5) is 17.8. The van der Waals surface area contributed by atoms with Crippen LogP contribution in [-0.4, -0.2) is 60.6 Å². The van der Waals surface area contributed by atoms with Crippen LogP contribution in [0.15, 0.2) is 42.5 Å². The molecular weight excluding hydrogens is 456 g/mol. The van der Waals surface area contributed by atoms with Crippen LogP contribution in [0.1, 0.15) is 69.5 Å². The van der Waals surface area contributed by atoms with Crippen molar-refractivity contribution >= 4 is 5.97 Å². The Hall–Kier alpha value is -2.77. The summed E-state index contributed by atoms with van der Waals surface area (Å²) in [6.07, 6.45) is 4.63. The summed E-state index contributed by atoms with van der Waals surface area (Å²) in [5, 5.41) is 10.6. The summed E-state index contributed by atoms with van der Waals surface area (Å²) < 4.78 is 16.5. The van der Waals surface area contributed by atoms with E-state index in [1.54, 1.807) is 7.11 Å². The molecule has 1 unspecified atom stereocenters. The fourth-order valence-corrected chi connectivity index (χ4v) is 5.65. The number of nitrogens with zero attached hydrogens (tertiary/aromatic N) is 2. The van der Waals surface area contributed by atoms with Crippen LogP contribution in [0.2, 0.25) is 0 Å². The van der Waals surface area contributed by atoms with E-state index in [1.165, 1.54) is 0 Å². The number of unbranched alkanes of at least 4 members (excludes halogenated alkanes) is 2. The lowest BCUT2D eigenvalue weighted by molar-refractivity contribution is -0.143. The molecule has 0 bridgehead atoms. The van der Waals surface area contributed by atoms with Crippen LogP contribution in [0, 0.1) is 5.92 Å². The first-order valence-corrected chi connectivity index (χ1v) is 13.2.